The van der Waals surface area contributed by atoms with E-state index < -0.39 is 6.10 Å². The number of nitrogens with zero attached hydrogens (tertiary/aromatic N) is 1. The van der Waals surface area contributed by atoms with Crippen LogP contribution in [0, 0.1) is 0 Å². The maximum atomic E-state index is 12.3. The van der Waals surface area contributed by atoms with E-state index in [0.29, 0.717) is 12.6 Å². The second-order valence-electron chi connectivity index (χ2n) is 4.64. The van der Waals surface area contributed by atoms with Gasteiger partial charge in [0.05, 0.1) is 0 Å². The van der Waals surface area contributed by atoms with Crippen molar-refractivity contribution in [3.63, 3.8) is 0 Å². The number of methoxy groups -OCH3 is 1. The lowest BCUT2D eigenvalue weighted by atomic mass is 10.2. The standard InChI is InChI=1S/C14H20N2O2/c1-18-13(9-15)14(17)16(12-7-8-12)10-11-5-3-2-4-6-11/h2-6,12-13H,7-10,15H2,1H3. The Morgan fingerprint density at radius 3 is 2.61 bits per heavy atom. The third-order valence-electron chi connectivity index (χ3n) is 3.24. The number of hydrogen-bond acceptors (Lipinski definition) is 3. The molecule has 98 valence electrons. The van der Waals surface area contributed by atoms with Crippen molar-refractivity contribution in [3.8, 4) is 0 Å². The topological polar surface area (TPSA) is 55.6 Å². The maximum absolute atomic E-state index is 12.3. The van der Waals surface area contributed by atoms with Gasteiger partial charge in [-0.3, -0.25) is 4.79 Å². The average Bonchev–Trinajstić information content (AvgIpc) is 3.23. The summed E-state index contributed by atoms with van der Waals surface area (Å²) in [6.45, 7) is 0.873. The van der Waals surface area contributed by atoms with Crippen molar-refractivity contribution in [2.45, 2.75) is 31.5 Å². The van der Waals surface area contributed by atoms with E-state index in [0.717, 1.165) is 18.4 Å². The third kappa shape index (κ3) is 3.09. The second kappa shape index (κ2) is 5.98. The van der Waals surface area contributed by atoms with Crippen LogP contribution in [0.5, 0.6) is 0 Å². The predicted molar refractivity (Wildman–Crippen MR) is 69.9 cm³/mol. The van der Waals surface area contributed by atoms with Crippen LogP contribution in [-0.2, 0) is 16.1 Å². The Balaban J connectivity index is 2.06. The normalized spacial score (nSPS) is 16.3. The molecule has 0 saturated heterocycles. The van der Waals surface area contributed by atoms with Gasteiger partial charge in [0.1, 0.15) is 6.10 Å². The van der Waals surface area contributed by atoms with Gasteiger partial charge in [0.2, 0.25) is 0 Å². The van der Waals surface area contributed by atoms with E-state index in [9.17, 15) is 4.79 Å². The van der Waals surface area contributed by atoms with Crippen molar-refractivity contribution in [2.24, 2.45) is 5.73 Å². The van der Waals surface area contributed by atoms with E-state index >= 15 is 0 Å². The summed E-state index contributed by atoms with van der Waals surface area (Å²) in [5.41, 5.74) is 6.71. The quantitative estimate of drug-likeness (QED) is 0.821. The van der Waals surface area contributed by atoms with Crippen LogP contribution in [0.3, 0.4) is 0 Å². The van der Waals surface area contributed by atoms with Crippen LogP contribution >= 0.6 is 0 Å². The first-order valence-electron chi connectivity index (χ1n) is 6.33. The number of amides is 1. The molecule has 1 aromatic carbocycles. The van der Waals surface area contributed by atoms with Crippen molar-refractivity contribution in [3.05, 3.63) is 35.9 Å². The van der Waals surface area contributed by atoms with Gasteiger partial charge in [-0.2, -0.15) is 0 Å². The number of ether oxygens (including phenoxy) is 1. The minimum Gasteiger partial charge on any atom is -0.370 e. The van der Waals surface area contributed by atoms with E-state index in [4.69, 9.17) is 10.5 Å². The molecule has 18 heavy (non-hydrogen) atoms. The molecule has 0 radical (unpaired) electrons. The third-order valence-corrected chi connectivity index (χ3v) is 3.24. The second-order valence-corrected chi connectivity index (χ2v) is 4.64. The van der Waals surface area contributed by atoms with E-state index in [1.54, 1.807) is 0 Å². The van der Waals surface area contributed by atoms with Gasteiger partial charge in [-0.25, -0.2) is 0 Å². The highest BCUT2D eigenvalue weighted by atomic mass is 16.5. The highest BCUT2D eigenvalue weighted by molar-refractivity contribution is 5.81. The van der Waals surface area contributed by atoms with E-state index in [1.807, 2.05) is 35.2 Å². The number of nitrogens with two attached hydrogens (primary N) is 1. The molecule has 1 saturated carbocycles. The number of rotatable bonds is 6. The van der Waals surface area contributed by atoms with E-state index in [2.05, 4.69) is 0 Å². The summed E-state index contributed by atoms with van der Waals surface area (Å²) in [5, 5.41) is 0. The van der Waals surface area contributed by atoms with Crippen LogP contribution in [0.25, 0.3) is 0 Å². The van der Waals surface area contributed by atoms with Crippen LogP contribution in [0.4, 0.5) is 0 Å². The molecule has 0 bridgehead atoms. The highest BCUT2D eigenvalue weighted by Crippen LogP contribution is 2.29. The van der Waals surface area contributed by atoms with Gasteiger partial charge in [-0.1, -0.05) is 30.3 Å². The van der Waals surface area contributed by atoms with Crippen molar-refractivity contribution < 1.29 is 9.53 Å². The lowest BCUT2D eigenvalue weighted by molar-refractivity contribution is -0.142. The van der Waals surface area contributed by atoms with Gasteiger partial charge in [0, 0.05) is 26.2 Å². The fourth-order valence-electron chi connectivity index (χ4n) is 2.04. The summed E-state index contributed by atoms with van der Waals surface area (Å²) in [6, 6.07) is 10.4. The minimum atomic E-state index is -0.519. The van der Waals surface area contributed by atoms with Crippen LogP contribution in [0.15, 0.2) is 30.3 Å². The van der Waals surface area contributed by atoms with Crippen molar-refractivity contribution in [1.29, 1.82) is 0 Å². The molecule has 0 heterocycles. The summed E-state index contributed by atoms with van der Waals surface area (Å²) < 4.78 is 5.14. The first-order valence-corrected chi connectivity index (χ1v) is 6.33. The molecule has 1 unspecified atom stereocenters. The Morgan fingerprint density at radius 1 is 1.44 bits per heavy atom. The largest absolute Gasteiger partial charge is 0.370 e. The summed E-state index contributed by atoms with van der Waals surface area (Å²) in [6.07, 6.45) is 1.65. The highest BCUT2D eigenvalue weighted by Gasteiger charge is 2.35. The van der Waals surface area contributed by atoms with Gasteiger partial charge < -0.3 is 15.4 Å². The summed E-state index contributed by atoms with van der Waals surface area (Å²) in [7, 11) is 1.53. The predicted octanol–water partition coefficient (Wildman–Crippen LogP) is 1.15. The molecule has 1 aliphatic carbocycles. The summed E-state index contributed by atoms with van der Waals surface area (Å²) in [5.74, 6) is 0.00588. The Kier molecular flexibility index (Phi) is 4.33. The first-order chi connectivity index (χ1) is 8.76. The molecule has 0 aliphatic heterocycles. The first kappa shape index (κ1) is 13.1. The zero-order valence-electron chi connectivity index (χ0n) is 10.7. The number of benzene rings is 1. The van der Waals surface area contributed by atoms with Gasteiger partial charge >= 0.3 is 0 Å². The molecule has 1 aliphatic rings. The molecule has 4 nitrogen and oxygen atoms in total. The molecule has 0 aromatic heterocycles. The molecule has 1 fully saturated rings. The van der Waals surface area contributed by atoms with Crippen LogP contribution < -0.4 is 5.73 Å². The molecule has 0 spiro atoms. The summed E-state index contributed by atoms with van der Waals surface area (Å²) >= 11 is 0. The number of carbonyl (C=O) groups is 1. The average molecular weight is 248 g/mol. The van der Waals surface area contributed by atoms with Gasteiger partial charge in [-0.15, -0.1) is 0 Å². The Bertz CT molecular complexity index is 386. The molecule has 1 aromatic rings. The zero-order chi connectivity index (χ0) is 13.0. The minimum absolute atomic E-state index is 0.00588. The van der Waals surface area contributed by atoms with Gasteiger partial charge in [0.15, 0.2) is 0 Å². The van der Waals surface area contributed by atoms with Crippen LogP contribution in [0.2, 0.25) is 0 Å². The fourth-order valence-corrected chi connectivity index (χ4v) is 2.04. The maximum Gasteiger partial charge on any atom is 0.253 e. The Morgan fingerprint density at radius 2 is 2.11 bits per heavy atom. The Labute approximate surface area is 108 Å². The van der Waals surface area contributed by atoms with Crippen LogP contribution in [-0.4, -0.2) is 36.6 Å². The molecule has 4 heteroatoms. The molecule has 1 atom stereocenters. The van der Waals surface area contributed by atoms with Crippen molar-refractivity contribution >= 4 is 5.91 Å². The van der Waals surface area contributed by atoms with Crippen molar-refractivity contribution in [2.75, 3.05) is 13.7 Å². The molecule has 2 N–H and O–H groups in total. The summed E-state index contributed by atoms with van der Waals surface area (Å²) in [4.78, 5) is 14.2. The SMILES string of the molecule is COC(CN)C(=O)N(Cc1ccccc1)C1CC1. The molecule has 2 rings (SSSR count). The van der Waals surface area contributed by atoms with E-state index in [1.165, 1.54) is 7.11 Å². The zero-order valence-corrected chi connectivity index (χ0v) is 10.7. The Hall–Kier alpha value is -1.39. The smallest absolute Gasteiger partial charge is 0.253 e. The van der Waals surface area contributed by atoms with Crippen molar-refractivity contribution in [1.82, 2.24) is 4.90 Å². The van der Waals surface area contributed by atoms with Gasteiger partial charge in [-0.05, 0) is 18.4 Å². The lowest BCUT2D eigenvalue weighted by Gasteiger charge is -2.26. The molecular formula is C14H20N2O2. The monoisotopic (exact) mass is 248 g/mol. The molecular weight excluding hydrogens is 228 g/mol. The van der Waals surface area contributed by atoms with Gasteiger partial charge in [0.25, 0.3) is 5.91 Å². The molecule has 1 amide bonds. The fraction of sp³-hybridized carbons (Fsp3) is 0.500. The lowest BCUT2D eigenvalue weighted by Crippen LogP contribution is -2.44. The number of hydrogen-bond donors (Lipinski definition) is 1. The van der Waals surface area contributed by atoms with E-state index in [-0.39, 0.29) is 12.5 Å². The number of carbonyl (C=O) groups excluding carboxylic acids is 1. The van der Waals surface area contributed by atoms with Crippen LogP contribution in [0.1, 0.15) is 18.4 Å².